The molecule has 6 aliphatic rings. The van der Waals surface area contributed by atoms with E-state index < -0.39 is 68.2 Å². The average Bonchev–Trinajstić information content (AvgIpc) is 4.00. The normalized spacial score (nSPS) is 32.7. The predicted molar refractivity (Wildman–Crippen MR) is 207 cm³/mol. The second-order valence-electron chi connectivity index (χ2n) is 16.7. The monoisotopic (exact) mass is 788 g/mol. The minimum atomic E-state index is -4.04. The van der Waals surface area contributed by atoms with E-state index in [9.17, 15) is 27.6 Å². The Labute approximate surface area is 327 Å². The molecule has 3 aliphatic heterocycles. The topological polar surface area (TPSA) is 186 Å². The van der Waals surface area contributed by atoms with Crippen LogP contribution in [0, 0.1) is 11.8 Å². The number of amides is 4. The average molecular weight is 789 g/mol. The molecular weight excluding hydrogens is 737 g/mol. The van der Waals surface area contributed by atoms with E-state index in [0.717, 1.165) is 50.5 Å². The second kappa shape index (κ2) is 15.4. The molecule has 300 valence electrons. The molecule has 1 saturated heterocycles. The fourth-order valence-corrected chi connectivity index (χ4v) is 9.91. The van der Waals surface area contributed by atoms with Crippen molar-refractivity contribution in [3.05, 3.63) is 54.3 Å². The second-order valence-corrected chi connectivity index (χ2v) is 18.9. The number of carbonyl (C=O) groups is 4. The summed E-state index contributed by atoms with van der Waals surface area (Å²) in [6.07, 6.45) is 15.4. The maximum absolute atomic E-state index is 14.7. The van der Waals surface area contributed by atoms with E-state index in [1.807, 2.05) is 36.4 Å². The quantitative estimate of drug-likeness (QED) is 0.374. The summed E-state index contributed by atoms with van der Waals surface area (Å²) in [4.78, 5) is 68.1. The highest BCUT2D eigenvalue weighted by atomic mass is 32.2. The van der Waals surface area contributed by atoms with Crippen LogP contribution in [0.4, 0.5) is 4.79 Å². The van der Waals surface area contributed by atoms with Gasteiger partial charge >= 0.3 is 6.09 Å². The minimum absolute atomic E-state index is 0.00783. The van der Waals surface area contributed by atoms with E-state index in [0.29, 0.717) is 62.0 Å². The summed E-state index contributed by atoms with van der Waals surface area (Å²) in [7, 11) is -4.04. The van der Waals surface area contributed by atoms with Crippen LogP contribution in [0.1, 0.15) is 103 Å². The van der Waals surface area contributed by atoms with Gasteiger partial charge in [0.1, 0.15) is 35.5 Å². The maximum Gasteiger partial charge on any atom is 0.408 e. The largest absolute Gasteiger partial charge is 0.471 e. The van der Waals surface area contributed by atoms with Gasteiger partial charge in [-0.1, -0.05) is 62.1 Å². The zero-order chi connectivity index (χ0) is 39.1. The predicted octanol–water partition coefficient (Wildman–Crippen LogP) is 4.53. The standard InChI is InChI=1S/C41H52N6O8S/c1-40(21-22-40)56(52,53)46-38(50)41-20-12-15-27(41)14-7-3-2-4-8-19-32-37(49)47-25-28(24-33(47)35(48)45-41)54-36-31(42-29-16-10-11-17-30(29)43-36)18-9-5-6-13-26-23-34(26)55-39(51)44-32/h7,10-12,14,16-17,20,26-28,32-34H,2-6,8-9,13,15,18-19,21-25H2,1H3,(H,44,51)(H,45,48)(H,46,50)/b14-7-/t26?,27-,28-,32+,33+,34-,41-/m1/s1. The molecule has 3 N–H and O–H groups in total. The maximum atomic E-state index is 14.7. The molecule has 56 heavy (non-hydrogen) atoms. The summed E-state index contributed by atoms with van der Waals surface area (Å²) in [6.45, 7) is 1.61. The zero-order valence-electron chi connectivity index (χ0n) is 31.9. The van der Waals surface area contributed by atoms with Crippen molar-refractivity contribution in [3.63, 3.8) is 0 Å². The van der Waals surface area contributed by atoms with Gasteiger partial charge < -0.3 is 25.0 Å². The van der Waals surface area contributed by atoms with Crippen molar-refractivity contribution in [2.45, 2.75) is 138 Å². The van der Waals surface area contributed by atoms with E-state index in [4.69, 9.17) is 19.4 Å². The van der Waals surface area contributed by atoms with Gasteiger partial charge in [-0.3, -0.25) is 19.1 Å². The van der Waals surface area contributed by atoms with Crippen molar-refractivity contribution in [3.8, 4) is 5.88 Å². The van der Waals surface area contributed by atoms with Crippen LogP contribution in [0.3, 0.4) is 0 Å². The molecule has 15 heteroatoms. The highest BCUT2D eigenvalue weighted by Crippen LogP contribution is 2.43. The number of hydrogen-bond donors (Lipinski definition) is 3. The fraction of sp³-hybridized carbons (Fsp3) is 0.610. The SMILES string of the molecule is CC1(S(=O)(=O)NC(=O)[C@@]23C=CC[C@H]2/C=C\CCCCC[C@@H]2NC(=O)O[C@@H]4CC4CCCCCc4nc5ccccc5nc4O[C@@H]4C[C@@H](C(=O)N3)N(C4)C2=O)CC1. The molecule has 0 spiro atoms. The van der Waals surface area contributed by atoms with E-state index in [1.165, 1.54) is 4.90 Å². The number of nitrogens with zero attached hydrogens (tertiary/aromatic N) is 3. The van der Waals surface area contributed by atoms with E-state index in [-0.39, 0.29) is 25.0 Å². The molecule has 3 bridgehead atoms. The summed E-state index contributed by atoms with van der Waals surface area (Å²) in [5.41, 5.74) is 0.379. The molecule has 7 atom stereocenters. The van der Waals surface area contributed by atoms with Crippen LogP contribution in [0.25, 0.3) is 11.0 Å². The van der Waals surface area contributed by atoms with E-state index in [2.05, 4.69) is 15.4 Å². The summed E-state index contributed by atoms with van der Waals surface area (Å²) in [5, 5.41) is 5.80. The van der Waals surface area contributed by atoms with Gasteiger partial charge in [-0.15, -0.1) is 0 Å². The molecule has 1 aromatic carbocycles. The van der Waals surface area contributed by atoms with Crippen LogP contribution in [0.15, 0.2) is 48.6 Å². The summed E-state index contributed by atoms with van der Waals surface area (Å²) in [6, 6.07) is 5.48. The molecule has 3 aliphatic carbocycles. The molecule has 3 fully saturated rings. The van der Waals surface area contributed by atoms with E-state index in [1.54, 1.807) is 19.1 Å². The first-order chi connectivity index (χ1) is 26.9. The molecule has 2 aromatic rings. The number of aromatic nitrogens is 2. The Morgan fingerprint density at radius 2 is 1.71 bits per heavy atom. The van der Waals surface area contributed by atoms with Gasteiger partial charge in [0.2, 0.25) is 27.7 Å². The number of allylic oxidation sites excluding steroid dienone is 2. The summed E-state index contributed by atoms with van der Waals surface area (Å²) < 4.78 is 40.4. The third-order valence-corrected chi connectivity index (χ3v) is 14.7. The third kappa shape index (κ3) is 7.88. The van der Waals surface area contributed by atoms with Gasteiger partial charge in [-0.05, 0) is 89.2 Å². The highest BCUT2D eigenvalue weighted by molar-refractivity contribution is 7.91. The van der Waals surface area contributed by atoms with Crippen molar-refractivity contribution in [1.29, 1.82) is 0 Å². The van der Waals surface area contributed by atoms with Gasteiger partial charge in [-0.2, -0.15) is 0 Å². The van der Waals surface area contributed by atoms with Crippen LogP contribution >= 0.6 is 0 Å². The van der Waals surface area contributed by atoms with Crippen molar-refractivity contribution in [1.82, 2.24) is 30.2 Å². The minimum Gasteiger partial charge on any atom is -0.471 e. The Morgan fingerprint density at radius 3 is 2.52 bits per heavy atom. The van der Waals surface area contributed by atoms with Crippen LogP contribution in [0.2, 0.25) is 0 Å². The Morgan fingerprint density at radius 1 is 0.946 bits per heavy atom. The summed E-state index contributed by atoms with van der Waals surface area (Å²) in [5.74, 6) is -1.87. The smallest absolute Gasteiger partial charge is 0.408 e. The van der Waals surface area contributed by atoms with Crippen LogP contribution in [0.5, 0.6) is 5.88 Å². The number of benzene rings is 1. The molecule has 14 nitrogen and oxygen atoms in total. The number of hydrogen-bond acceptors (Lipinski definition) is 10. The molecule has 1 aromatic heterocycles. The first-order valence-corrected chi connectivity index (χ1v) is 21.9. The first-order valence-electron chi connectivity index (χ1n) is 20.4. The third-order valence-electron chi connectivity index (χ3n) is 12.6. The summed E-state index contributed by atoms with van der Waals surface area (Å²) >= 11 is 0. The Balaban J connectivity index is 1.15. The van der Waals surface area contributed by atoms with E-state index >= 15 is 0 Å². The number of rotatable bonds is 3. The Kier molecular flexibility index (Phi) is 10.6. The van der Waals surface area contributed by atoms with Gasteiger partial charge in [0.05, 0.1) is 22.3 Å². The van der Waals surface area contributed by atoms with Gasteiger partial charge in [0, 0.05) is 12.3 Å². The van der Waals surface area contributed by atoms with Crippen LogP contribution < -0.4 is 20.1 Å². The molecule has 1 unspecified atom stereocenters. The number of ether oxygens (including phenoxy) is 2. The van der Waals surface area contributed by atoms with Crippen molar-refractivity contribution in [2.24, 2.45) is 11.8 Å². The number of sulfonamides is 1. The molecule has 4 heterocycles. The van der Waals surface area contributed by atoms with Crippen LogP contribution in [-0.4, -0.2) is 88.2 Å². The highest BCUT2D eigenvalue weighted by Gasteiger charge is 2.55. The lowest BCUT2D eigenvalue weighted by Crippen LogP contribution is -2.64. The zero-order valence-corrected chi connectivity index (χ0v) is 32.7. The number of alkyl carbamates (subject to hydrolysis) is 1. The Bertz CT molecular complexity index is 2050. The van der Waals surface area contributed by atoms with Crippen LogP contribution in [-0.2, 0) is 35.6 Å². The van der Waals surface area contributed by atoms with Gasteiger partial charge in [0.25, 0.3) is 5.91 Å². The van der Waals surface area contributed by atoms with Crippen molar-refractivity contribution < 1.29 is 37.1 Å². The van der Waals surface area contributed by atoms with Crippen molar-refractivity contribution in [2.75, 3.05) is 6.54 Å². The van der Waals surface area contributed by atoms with Crippen molar-refractivity contribution >= 4 is 44.9 Å². The van der Waals surface area contributed by atoms with Gasteiger partial charge in [-0.25, -0.2) is 23.2 Å². The number of para-hydroxylation sites is 2. The Hall–Kier alpha value is -4.53. The first kappa shape index (κ1) is 38.3. The number of nitrogens with one attached hydrogen (secondary N) is 3. The molecular formula is C41H52N6O8S. The molecule has 8 rings (SSSR count). The molecule has 2 saturated carbocycles. The number of aryl methyl sites for hydroxylation is 1. The number of fused-ring (bicyclic) bond motifs is 6. The van der Waals surface area contributed by atoms with Gasteiger partial charge in [0.15, 0.2) is 0 Å². The lowest BCUT2D eigenvalue weighted by atomic mass is 9.85. The molecule has 4 amide bonds. The molecule has 0 radical (unpaired) electrons. The lowest BCUT2D eigenvalue weighted by molar-refractivity contribution is -0.141. The lowest BCUT2D eigenvalue weighted by Gasteiger charge is -2.35. The number of carbonyl (C=O) groups excluding carboxylic acids is 4. The fourth-order valence-electron chi connectivity index (χ4n) is 8.61.